The molecular formula is C11H23NO6P+. The van der Waals surface area contributed by atoms with Crippen LogP contribution in [0.3, 0.4) is 0 Å². The van der Waals surface area contributed by atoms with Crippen LogP contribution in [0.4, 0.5) is 0 Å². The summed E-state index contributed by atoms with van der Waals surface area (Å²) in [5.41, 5.74) is 0.252. The quantitative estimate of drug-likeness (QED) is 0.181. The van der Waals surface area contributed by atoms with Gasteiger partial charge in [0.2, 0.25) is 6.23 Å². The molecule has 7 nitrogen and oxygen atoms in total. The van der Waals surface area contributed by atoms with Crippen LogP contribution in [0.15, 0.2) is 12.2 Å². The zero-order chi connectivity index (χ0) is 15.3. The van der Waals surface area contributed by atoms with E-state index in [9.17, 15) is 14.3 Å². The normalized spacial score (nSPS) is 16.5. The molecule has 0 bridgehead atoms. The number of hydrogen-bond donors (Lipinski definition) is 1. The summed E-state index contributed by atoms with van der Waals surface area (Å²) in [6.07, 6.45) is -0.520. The van der Waals surface area contributed by atoms with Crippen molar-refractivity contribution in [3.05, 3.63) is 12.2 Å². The van der Waals surface area contributed by atoms with E-state index < -0.39 is 20.0 Å². The number of esters is 1. The van der Waals surface area contributed by atoms with Crippen molar-refractivity contribution in [3.63, 3.8) is 0 Å². The molecule has 0 aliphatic heterocycles. The van der Waals surface area contributed by atoms with Crippen LogP contribution >= 0.6 is 7.82 Å². The van der Waals surface area contributed by atoms with Crippen LogP contribution < -0.4 is 0 Å². The summed E-state index contributed by atoms with van der Waals surface area (Å²) in [4.78, 5) is 20.5. The summed E-state index contributed by atoms with van der Waals surface area (Å²) in [5.74, 6) is -0.572. The molecule has 0 amide bonds. The number of carbonyl (C=O) groups excluding carboxylic acids is 1. The van der Waals surface area contributed by atoms with Crippen molar-refractivity contribution in [3.8, 4) is 0 Å². The van der Waals surface area contributed by atoms with Gasteiger partial charge in [0, 0.05) is 12.5 Å². The van der Waals surface area contributed by atoms with E-state index in [4.69, 9.17) is 13.8 Å². The lowest BCUT2D eigenvalue weighted by molar-refractivity contribution is -0.913. The molecule has 0 heterocycles. The first-order valence-electron chi connectivity index (χ1n) is 5.75. The lowest BCUT2D eigenvalue weighted by Gasteiger charge is -2.31. The molecule has 0 fully saturated rings. The molecule has 0 aromatic rings. The van der Waals surface area contributed by atoms with Gasteiger partial charge in [-0.15, -0.1) is 0 Å². The zero-order valence-corrected chi connectivity index (χ0v) is 13.0. The van der Waals surface area contributed by atoms with Crippen LogP contribution in [-0.2, 0) is 23.1 Å². The van der Waals surface area contributed by atoms with E-state index in [-0.39, 0.29) is 18.8 Å². The van der Waals surface area contributed by atoms with Crippen LogP contribution in [0, 0.1) is 0 Å². The highest BCUT2D eigenvalue weighted by Gasteiger charge is 2.31. The number of nitrogens with zero attached hydrogens (tertiary/aromatic N) is 1. The summed E-state index contributed by atoms with van der Waals surface area (Å²) >= 11 is 0. The first kappa shape index (κ1) is 18.3. The second-order valence-corrected chi connectivity index (χ2v) is 6.45. The molecule has 1 N–H and O–H groups in total. The summed E-state index contributed by atoms with van der Waals surface area (Å²) in [6.45, 7) is 6.20. The van der Waals surface area contributed by atoms with E-state index in [0.29, 0.717) is 4.48 Å². The van der Waals surface area contributed by atoms with Crippen molar-refractivity contribution in [2.24, 2.45) is 0 Å². The Morgan fingerprint density at radius 2 is 1.89 bits per heavy atom. The number of rotatable bonds is 8. The van der Waals surface area contributed by atoms with E-state index in [1.165, 1.54) is 6.92 Å². The second kappa shape index (κ2) is 7.17. The highest BCUT2D eigenvalue weighted by atomic mass is 31.2. The van der Waals surface area contributed by atoms with E-state index in [1.54, 1.807) is 6.92 Å². The fraction of sp³-hybridized carbons (Fsp3) is 0.727. The van der Waals surface area contributed by atoms with Crippen LogP contribution in [-0.4, -0.2) is 55.9 Å². The molecule has 0 aliphatic carbocycles. The number of phosphoric ester groups is 1. The van der Waals surface area contributed by atoms with E-state index in [0.717, 1.165) is 0 Å². The summed E-state index contributed by atoms with van der Waals surface area (Å²) in [6, 6.07) is 0. The van der Waals surface area contributed by atoms with Crippen molar-refractivity contribution >= 4 is 13.8 Å². The van der Waals surface area contributed by atoms with Gasteiger partial charge in [0.25, 0.3) is 0 Å². The molecule has 0 saturated carbocycles. The molecule has 0 saturated heterocycles. The average molecular weight is 296 g/mol. The molecule has 0 spiro atoms. The van der Waals surface area contributed by atoms with Crippen molar-refractivity contribution in [1.82, 2.24) is 0 Å². The van der Waals surface area contributed by atoms with Gasteiger partial charge in [-0.1, -0.05) is 6.58 Å². The molecule has 0 aromatic carbocycles. The lowest BCUT2D eigenvalue weighted by Crippen LogP contribution is -2.44. The molecule has 0 aliphatic rings. The van der Waals surface area contributed by atoms with Crippen molar-refractivity contribution in [2.45, 2.75) is 20.1 Å². The fourth-order valence-electron chi connectivity index (χ4n) is 0.775. The Balaban J connectivity index is 4.08. The topological polar surface area (TPSA) is 82.1 Å². The number of hydrogen-bond acceptors (Lipinski definition) is 5. The van der Waals surface area contributed by atoms with Crippen LogP contribution in [0.1, 0.15) is 13.8 Å². The van der Waals surface area contributed by atoms with Crippen molar-refractivity contribution < 1.29 is 32.5 Å². The van der Waals surface area contributed by atoms with Gasteiger partial charge >= 0.3 is 13.8 Å². The Labute approximate surface area is 114 Å². The molecule has 19 heavy (non-hydrogen) atoms. The third kappa shape index (κ3) is 8.13. The maximum atomic E-state index is 11.6. The molecule has 0 radical (unpaired) electrons. The van der Waals surface area contributed by atoms with Gasteiger partial charge in [-0.2, -0.15) is 0 Å². The fourth-order valence-corrected chi connectivity index (χ4v) is 1.81. The molecule has 112 valence electrons. The van der Waals surface area contributed by atoms with Crippen molar-refractivity contribution in [2.75, 3.05) is 34.4 Å². The molecular weight excluding hydrogens is 273 g/mol. The Morgan fingerprint density at radius 3 is 2.32 bits per heavy atom. The summed E-state index contributed by atoms with van der Waals surface area (Å²) < 4.78 is 26.3. The minimum absolute atomic E-state index is 0.141. The number of phosphoric acid groups is 1. The zero-order valence-electron chi connectivity index (χ0n) is 12.1. The van der Waals surface area contributed by atoms with Gasteiger partial charge in [0.15, 0.2) is 0 Å². The summed E-state index contributed by atoms with van der Waals surface area (Å²) in [7, 11) is 1.30. The predicted molar refractivity (Wildman–Crippen MR) is 70.1 cm³/mol. The first-order valence-corrected chi connectivity index (χ1v) is 7.25. The smallest absolute Gasteiger partial charge is 0.460 e. The van der Waals surface area contributed by atoms with Crippen LogP contribution in [0.25, 0.3) is 0 Å². The van der Waals surface area contributed by atoms with Gasteiger partial charge in [0.05, 0.1) is 27.7 Å². The first-order chi connectivity index (χ1) is 8.46. The van der Waals surface area contributed by atoms with Gasteiger partial charge in [0.1, 0.15) is 6.61 Å². The maximum absolute atomic E-state index is 11.6. The van der Waals surface area contributed by atoms with Gasteiger partial charge < -0.3 is 14.1 Å². The minimum atomic E-state index is -4.16. The van der Waals surface area contributed by atoms with Gasteiger partial charge in [-0.25, -0.2) is 13.9 Å². The predicted octanol–water partition coefficient (Wildman–Crippen LogP) is 1.29. The standard InChI is InChI=1S/C11H22NO6P/c1-9(2)11(13)16-7-8-17-19(14,15)18-10(3)12(4,5)6/h10H,1,7-8H2,2-6H3/p+1. The second-order valence-electron chi connectivity index (χ2n) is 5.04. The third-order valence-corrected chi connectivity index (χ3v) is 3.38. The highest BCUT2D eigenvalue weighted by Crippen LogP contribution is 2.45. The van der Waals surface area contributed by atoms with Crippen molar-refractivity contribution in [1.29, 1.82) is 0 Å². The SMILES string of the molecule is C=C(C)C(=O)OCCOP(=O)(O)OC(C)[N+](C)(C)C. The molecule has 0 rings (SSSR count). The molecule has 0 aromatic heterocycles. The third-order valence-electron chi connectivity index (χ3n) is 2.30. The Kier molecular flexibility index (Phi) is 6.89. The largest absolute Gasteiger partial charge is 0.476 e. The van der Waals surface area contributed by atoms with Gasteiger partial charge in [-0.05, 0) is 6.92 Å². The summed E-state index contributed by atoms with van der Waals surface area (Å²) in [5, 5.41) is 0. The molecule has 8 heteroatoms. The van der Waals surface area contributed by atoms with Crippen LogP contribution in [0.5, 0.6) is 0 Å². The highest BCUT2D eigenvalue weighted by molar-refractivity contribution is 7.47. The lowest BCUT2D eigenvalue weighted by atomic mass is 10.4. The number of ether oxygens (including phenoxy) is 1. The Hall–Kier alpha value is -0.720. The van der Waals surface area contributed by atoms with Crippen LogP contribution in [0.2, 0.25) is 0 Å². The number of quaternary nitrogens is 1. The number of carbonyl (C=O) groups is 1. The monoisotopic (exact) mass is 296 g/mol. The molecule has 2 unspecified atom stereocenters. The van der Waals surface area contributed by atoms with E-state index >= 15 is 0 Å². The van der Waals surface area contributed by atoms with E-state index in [1.807, 2.05) is 21.1 Å². The Morgan fingerprint density at radius 1 is 1.37 bits per heavy atom. The molecule has 2 atom stereocenters. The average Bonchev–Trinajstić information content (AvgIpc) is 2.21. The van der Waals surface area contributed by atoms with Gasteiger partial charge in [-0.3, -0.25) is 4.52 Å². The van der Waals surface area contributed by atoms with E-state index in [2.05, 4.69) is 6.58 Å². The Bertz CT molecular complexity index is 376. The minimum Gasteiger partial charge on any atom is -0.460 e. The maximum Gasteiger partial charge on any atom is 0.476 e.